The molecule has 0 aliphatic carbocycles. The van der Waals surface area contributed by atoms with Crippen molar-refractivity contribution in [3.8, 4) is 0 Å². The Morgan fingerprint density at radius 1 is 1.38 bits per heavy atom. The van der Waals surface area contributed by atoms with Crippen molar-refractivity contribution in [1.29, 1.82) is 0 Å². The summed E-state index contributed by atoms with van der Waals surface area (Å²) in [6, 6.07) is 7.21. The van der Waals surface area contributed by atoms with Gasteiger partial charge in [0, 0.05) is 32.9 Å². The third kappa shape index (κ3) is 3.36. The van der Waals surface area contributed by atoms with Crippen LogP contribution in [-0.2, 0) is 7.05 Å². The molecule has 1 aromatic carbocycles. The van der Waals surface area contributed by atoms with Crippen LogP contribution in [0.15, 0.2) is 30.5 Å². The lowest BCUT2D eigenvalue weighted by Gasteiger charge is -2.18. The van der Waals surface area contributed by atoms with Gasteiger partial charge in [-0.25, -0.2) is 0 Å². The Bertz CT molecular complexity index is 651. The quantitative estimate of drug-likeness (QED) is 0.945. The summed E-state index contributed by atoms with van der Waals surface area (Å²) in [6.07, 6.45) is 1.75. The Kier molecular flexibility index (Phi) is 4.53. The van der Waals surface area contributed by atoms with Crippen LogP contribution in [0, 0.1) is 0 Å². The Morgan fingerprint density at radius 3 is 2.67 bits per heavy atom. The third-order valence-corrected chi connectivity index (χ3v) is 3.62. The molecule has 0 aliphatic heterocycles. The molecular formula is C15H19ClN4O. The highest BCUT2D eigenvalue weighted by Gasteiger charge is 2.14. The summed E-state index contributed by atoms with van der Waals surface area (Å²) in [5.41, 5.74) is 2.37. The van der Waals surface area contributed by atoms with E-state index in [9.17, 15) is 4.79 Å². The molecule has 21 heavy (non-hydrogen) atoms. The van der Waals surface area contributed by atoms with Gasteiger partial charge in [-0.3, -0.25) is 9.48 Å². The number of amides is 1. The summed E-state index contributed by atoms with van der Waals surface area (Å²) >= 11 is 6.22. The molecule has 0 radical (unpaired) electrons. The van der Waals surface area contributed by atoms with Gasteiger partial charge in [-0.15, -0.1) is 0 Å². The second-order valence-corrected chi connectivity index (χ2v) is 5.55. The molecule has 1 heterocycles. The molecule has 1 aromatic heterocycles. The number of nitrogens with one attached hydrogen (secondary N) is 1. The third-order valence-electron chi connectivity index (χ3n) is 3.29. The molecule has 0 spiro atoms. The maximum atomic E-state index is 12.0. The SMILES string of the molecule is CC(Nc1cc(C(=O)N(C)C)ccc1Cl)c1ccnn1C. The molecule has 1 amide bonds. The molecule has 1 N–H and O–H groups in total. The summed E-state index contributed by atoms with van der Waals surface area (Å²) in [5.74, 6) is -0.0529. The van der Waals surface area contributed by atoms with Crippen molar-refractivity contribution in [2.24, 2.45) is 7.05 Å². The van der Waals surface area contributed by atoms with Crippen LogP contribution in [0.1, 0.15) is 29.0 Å². The lowest BCUT2D eigenvalue weighted by molar-refractivity contribution is 0.0827. The molecule has 0 aliphatic rings. The normalized spacial score (nSPS) is 12.0. The molecule has 0 saturated carbocycles. The molecule has 2 aromatic rings. The van der Waals surface area contributed by atoms with Gasteiger partial charge >= 0.3 is 0 Å². The van der Waals surface area contributed by atoms with E-state index in [0.717, 1.165) is 11.4 Å². The van der Waals surface area contributed by atoms with Gasteiger partial charge in [-0.05, 0) is 31.2 Å². The molecule has 0 bridgehead atoms. The first-order valence-electron chi connectivity index (χ1n) is 6.65. The molecule has 1 atom stereocenters. The highest BCUT2D eigenvalue weighted by atomic mass is 35.5. The maximum Gasteiger partial charge on any atom is 0.253 e. The van der Waals surface area contributed by atoms with Crippen LogP contribution in [-0.4, -0.2) is 34.7 Å². The van der Waals surface area contributed by atoms with Crippen LogP contribution in [0.25, 0.3) is 0 Å². The molecule has 5 nitrogen and oxygen atoms in total. The van der Waals surface area contributed by atoms with Crippen molar-refractivity contribution in [3.05, 3.63) is 46.7 Å². The average molecular weight is 307 g/mol. The fourth-order valence-electron chi connectivity index (χ4n) is 2.14. The lowest BCUT2D eigenvalue weighted by Crippen LogP contribution is -2.21. The van der Waals surface area contributed by atoms with E-state index in [-0.39, 0.29) is 11.9 Å². The molecule has 0 fully saturated rings. The van der Waals surface area contributed by atoms with Crippen LogP contribution in [0.5, 0.6) is 0 Å². The first-order valence-corrected chi connectivity index (χ1v) is 7.03. The topological polar surface area (TPSA) is 50.2 Å². The minimum Gasteiger partial charge on any atom is -0.376 e. The zero-order valence-electron chi connectivity index (χ0n) is 12.6. The molecule has 6 heteroatoms. The number of aryl methyl sites for hydroxylation is 1. The number of aromatic nitrogens is 2. The Morgan fingerprint density at radius 2 is 2.10 bits per heavy atom. The van der Waals surface area contributed by atoms with Gasteiger partial charge in [0.15, 0.2) is 0 Å². The van der Waals surface area contributed by atoms with Gasteiger partial charge in [-0.1, -0.05) is 11.6 Å². The zero-order chi connectivity index (χ0) is 15.6. The molecule has 112 valence electrons. The van der Waals surface area contributed by atoms with E-state index in [4.69, 9.17) is 11.6 Å². The van der Waals surface area contributed by atoms with E-state index < -0.39 is 0 Å². The van der Waals surface area contributed by atoms with Crippen LogP contribution < -0.4 is 5.32 Å². The van der Waals surface area contributed by atoms with E-state index >= 15 is 0 Å². The Balaban J connectivity index is 2.25. The van der Waals surface area contributed by atoms with Crippen LogP contribution in [0.3, 0.4) is 0 Å². The smallest absolute Gasteiger partial charge is 0.253 e. The standard InChI is InChI=1S/C15H19ClN4O/c1-10(14-7-8-17-20(14)4)18-13-9-11(5-6-12(13)16)15(21)19(2)3/h5-10,18H,1-4H3. The second kappa shape index (κ2) is 6.18. The van der Waals surface area contributed by atoms with Crippen LogP contribution in [0.4, 0.5) is 5.69 Å². The highest BCUT2D eigenvalue weighted by molar-refractivity contribution is 6.33. The van der Waals surface area contributed by atoms with Crippen LogP contribution >= 0.6 is 11.6 Å². The number of carbonyl (C=O) groups is 1. The minimum atomic E-state index is -0.0529. The predicted molar refractivity (Wildman–Crippen MR) is 84.7 cm³/mol. The molecule has 1 unspecified atom stereocenters. The van der Waals surface area contributed by atoms with Crippen molar-refractivity contribution in [2.45, 2.75) is 13.0 Å². The molecule has 2 rings (SSSR count). The molecular weight excluding hydrogens is 288 g/mol. The van der Waals surface area contributed by atoms with Gasteiger partial charge in [0.2, 0.25) is 0 Å². The predicted octanol–water partition coefficient (Wildman–Crippen LogP) is 2.95. The summed E-state index contributed by atoms with van der Waals surface area (Å²) in [5, 5.41) is 8.06. The van der Waals surface area contributed by atoms with E-state index in [1.165, 1.54) is 4.90 Å². The number of hydrogen-bond donors (Lipinski definition) is 1. The van der Waals surface area contributed by atoms with E-state index in [0.29, 0.717) is 10.6 Å². The first-order chi connectivity index (χ1) is 9.90. The Labute approximate surface area is 129 Å². The van der Waals surface area contributed by atoms with Crippen molar-refractivity contribution < 1.29 is 4.79 Å². The molecule has 0 saturated heterocycles. The monoisotopic (exact) mass is 306 g/mol. The highest BCUT2D eigenvalue weighted by Crippen LogP contribution is 2.27. The number of anilines is 1. The Hall–Kier alpha value is -2.01. The zero-order valence-corrected chi connectivity index (χ0v) is 13.3. The van der Waals surface area contributed by atoms with Gasteiger partial charge in [-0.2, -0.15) is 5.10 Å². The maximum absolute atomic E-state index is 12.0. The first kappa shape index (κ1) is 15.4. The fraction of sp³-hybridized carbons (Fsp3) is 0.333. The largest absolute Gasteiger partial charge is 0.376 e. The van der Waals surface area contributed by atoms with E-state index in [1.807, 2.05) is 20.0 Å². The number of carbonyl (C=O) groups excluding carboxylic acids is 1. The summed E-state index contributed by atoms with van der Waals surface area (Å²) in [7, 11) is 5.34. The van der Waals surface area contributed by atoms with Crippen molar-refractivity contribution in [2.75, 3.05) is 19.4 Å². The number of benzene rings is 1. The van der Waals surface area contributed by atoms with E-state index in [1.54, 1.807) is 43.2 Å². The van der Waals surface area contributed by atoms with Crippen molar-refractivity contribution >= 4 is 23.2 Å². The summed E-state index contributed by atoms with van der Waals surface area (Å²) in [6.45, 7) is 2.02. The lowest BCUT2D eigenvalue weighted by atomic mass is 10.1. The van der Waals surface area contributed by atoms with Gasteiger partial charge < -0.3 is 10.2 Å². The van der Waals surface area contributed by atoms with Crippen LogP contribution in [0.2, 0.25) is 5.02 Å². The second-order valence-electron chi connectivity index (χ2n) is 5.14. The summed E-state index contributed by atoms with van der Waals surface area (Å²) < 4.78 is 1.81. The van der Waals surface area contributed by atoms with E-state index in [2.05, 4.69) is 10.4 Å². The number of halogens is 1. The fourth-order valence-corrected chi connectivity index (χ4v) is 2.32. The van der Waals surface area contributed by atoms with Crippen molar-refractivity contribution in [3.63, 3.8) is 0 Å². The average Bonchev–Trinajstić information content (AvgIpc) is 2.86. The number of rotatable bonds is 4. The number of nitrogens with zero attached hydrogens (tertiary/aromatic N) is 3. The van der Waals surface area contributed by atoms with Gasteiger partial charge in [0.25, 0.3) is 5.91 Å². The van der Waals surface area contributed by atoms with Crippen molar-refractivity contribution in [1.82, 2.24) is 14.7 Å². The number of hydrogen-bond acceptors (Lipinski definition) is 3. The van der Waals surface area contributed by atoms with Gasteiger partial charge in [0.1, 0.15) is 0 Å². The van der Waals surface area contributed by atoms with Gasteiger partial charge in [0.05, 0.1) is 22.4 Å². The minimum absolute atomic E-state index is 0.0275. The summed E-state index contributed by atoms with van der Waals surface area (Å²) in [4.78, 5) is 13.6.